The maximum atomic E-state index is 6.23. The fourth-order valence-corrected chi connectivity index (χ4v) is 2.71. The maximum absolute atomic E-state index is 6.23. The summed E-state index contributed by atoms with van der Waals surface area (Å²) >= 11 is 6.23. The average Bonchev–Trinajstić information content (AvgIpc) is 2.34. The van der Waals surface area contributed by atoms with Crippen molar-refractivity contribution in [2.75, 3.05) is 19.6 Å². The van der Waals surface area contributed by atoms with Crippen molar-refractivity contribution >= 4 is 11.6 Å². The smallest absolute Gasteiger partial charge is 0.0485 e. The van der Waals surface area contributed by atoms with Gasteiger partial charge in [0.05, 0.1) is 0 Å². The number of nitrogens with two attached hydrogens (primary N) is 1. The minimum absolute atomic E-state index is 0.286. The Bertz CT molecular complexity index is 334. The molecular formula is C13H19ClN2. The molecule has 16 heavy (non-hydrogen) atoms. The van der Waals surface area contributed by atoms with E-state index in [1.165, 1.54) is 24.8 Å². The third-order valence-electron chi connectivity index (χ3n) is 3.32. The predicted octanol–water partition coefficient (Wildman–Crippen LogP) is 2.83. The molecular weight excluding hydrogens is 220 g/mol. The lowest BCUT2D eigenvalue weighted by Gasteiger charge is -2.34. The molecule has 1 fully saturated rings. The molecule has 0 radical (unpaired) electrons. The van der Waals surface area contributed by atoms with Crippen LogP contribution >= 0.6 is 11.6 Å². The molecule has 2 rings (SSSR count). The number of benzene rings is 1. The number of halogens is 1. The molecule has 1 heterocycles. The van der Waals surface area contributed by atoms with E-state index < -0.39 is 0 Å². The zero-order valence-electron chi connectivity index (χ0n) is 9.53. The topological polar surface area (TPSA) is 29.3 Å². The summed E-state index contributed by atoms with van der Waals surface area (Å²) < 4.78 is 0. The molecule has 1 aliphatic rings. The fourth-order valence-electron chi connectivity index (χ4n) is 2.45. The predicted molar refractivity (Wildman–Crippen MR) is 68.7 cm³/mol. The van der Waals surface area contributed by atoms with Gasteiger partial charge in [0.25, 0.3) is 0 Å². The zero-order valence-corrected chi connectivity index (χ0v) is 10.3. The summed E-state index contributed by atoms with van der Waals surface area (Å²) in [5.41, 5.74) is 7.08. The number of hydrogen-bond acceptors (Lipinski definition) is 2. The van der Waals surface area contributed by atoms with Crippen molar-refractivity contribution in [3.63, 3.8) is 0 Å². The molecule has 0 aromatic heterocycles. The lowest BCUT2D eigenvalue weighted by Crippen LogP contribution is -2.37. The summed E-state index contributed by atoms with van der Waals surface area (Å²) in [4.78, 5) is 2.46. The number of piperidine rings is 1. The van der Waals surface area contributed by atoms with Crippen LogP contribution in [0.25, 0.3) is 0 Å². The molecule has 0 aliphatic carbocycles. The van der Waals surface area contributed by atoms with Crippen molar-refractivity contribution in [2.45, 2.75) is 25.3 Å². The van der Waals surface area contributed by atoms with Gasteiger partial charge in [-0.05, 0) is 37.6 Å². The highest BCUT2D eigenvalue weighted by Crippen LogP contribution is 2.28. The van der Waals surface area contributed by atoms with Crippen molar-refractivity contribution in [1.82, 2.24) is 4.90 Å². The first kappa shape index (κ1) is 11.9. The van der Waals surface area contributed by atoms with Crippen molar-refractivity contribution in [3.8, 4) is 0 Å². The first-order valence-electron chi connectivity index (χ1n) is 6.01. The fraction of sp³-hybridized carbons (Fsp3) is 0.538. The lowest BCUT2D eigenvalue weighted by atomic mass is 10.0. The van der Waals surface area contributed by atoms with Gasteiger partial charge in [0, 0.05) is 17.6 Å². The third-order valence-corrected chi connectivity index (χ3v) is 3.66. The van der Waals surface area contributed by atoms with Gasteiger partial charge in [0.15, 0.2) is 0 Å². The number of nitrogens with zero attached hydrogens (tertiary/aromatic N) is 1. The minimum atomic E-state index is 0.286. The molecule has 2 nitrogen and oxygen atoms in total. The van der Waals surface area contributed by atoms with E-state index in [1.807, 2.05) is 18.2 Å². The Morgan fingerprint density at radius 2 is 1.88 bits per heavy atom. The normalized spacial score (nSPS) is 19.6. The molecule has 88 valence electrons. The molecule has 0 saturated carbocycles. The maximum Gasteiger partial charge on any atom is 0.0485 e. The average molecular weight is 239 g/mol. The highest BCUT2D eigenvalue weighted by atomic mass is 35.5. The minimum Gasteiger partial charge on any atom is -0.329 e. The Balaban J connectivity index is 2.18. The van der Waals surface area contributed by atoms with Crippen LogP contribution in [-0.2, 0) is 0 Å². The standard InChI is InChI=1S/C13H19ClN2/c14-12-7-3-2-6-11(12)13(10-15)16-8-4-1-5-9-16/h2-3,6-7,13H,1,4-5,8-10,15H2/t13-/m1/s1. The zero-order chi connectivity index (χ0) is 11.4. The van der Waals surface area contributed by atoms with Crippen molar-refractivity contribution < 1.29 is 0 Å². The van der Waals surface area contributed by atoms with E-state index in [9.17, 15) is 0 Å². The van der Waals surface area contributed by atoms with Crippen LogP contribution in [0, 0.1) is 0 Å². The molecule has 1 aromatic rings. The van der Waals surface area contributed by atoms with Crippen LogP contribution in [0.3, 0.4) is 0 Å². The van der Waals surface area contributed by atoms with E-state index in [4.69, 9.17) is 17.3 Å². The molecule has 0 bridgehead atoms. The van der Waals surface area contributed by atoms with Crippen LogP contribution in [0.2, 0.25) is 5.02 Å². The molecule has 1 atom stereocenters. The molecule has 0 amide bonds. The first-order valence-corrected chi connectivity index (χ1v) is 6.39. The number of rotatable bonds is 3. The van der Waals surface area contributed by atoms with E-state index in [1.54, 1.807) is 0 Å². The Hall–Kier alpha value is -0.570. The van der Waals surface area contributed by atoms with Gasteiger partial charge in [-0.1, -0.05) is 36.2 Å². The second-order valence-electron chi connectivity index (χ2n) is 4.37. The van der Waals surface area contributed by atoms with Gasteiger partial charge in [-0.2, -0.15) is 0 Å². The molecule has 1 aliphatic heterocycles. The summed E-state index contributed by atoms with van der Waals surface area (Å²) in [6, 6.07) is 8.33. The lowest BCUT2D eigenvalue weighted by molar-refractivity contribution is 0.167. The number of hydrogen-bond donors (Lipinski definition) is 1. The van der Waals surface area contributed by atoms with Gasteiger partial charge in [-0.15, -0.1) is 0 Å². The summed E-state index contributed by atoms with van der Waals surface area (Å²) in [5.74, 6) is 0. The van der Waals surface area contributed by atoms with Crippen molar-refractivity contribution in [1.29, 1.82) is 0 Å². The van der Waals surface area contributed by atoms with E-state index in [-0.39, 0.29) is 6.04 Å². The second-order valence-corrected chi connectivity index (χ2v) is 4.78. The van der Waals surface area contributed by atoms with E-state index in [0.717, 1.165) is 18.1 Å². The van der Waals surface area contributed by atoms with Crippen LogP contribution in [-0.4, -0.2) is 24.5 Å². The monoisotopic (exact) mass is 238 g/mol. The van der Waals surface area contributed by atoms with Crippen LogP contribution in [0.4, 0.5) is 0 Å². The van der Waals surface area contributed by atoms with Crippen LogP contribution in [0.15, 0.2) is 24.3 Å². The van der Waals surface area contributed by atoms with Gasteiger partial charge < -0.3 is 5.73 Å². The van der Waals surface area contributed by atoms with Gasteiger partial charge in [-0.25, -0.2) is 0 Å². The van der Waals surface area contributed by atoms with Gasteiger partial charge >= 0.3 is 0 Å². The van der Waals surface area contributed by atoms with Crippen LogP contribution < -0.4 is 5.73 Å². The summed E-state index contributed by atoms with van der Waals surface area (Å²) in [6.45, 7) is 2.93. The van der Waals surface area contributed by atoms with Gasteiger partial charge in [0.2, 0.25) is 0 Å². The van der Waals surface area contributed by atoms with Gasteiger partial charge in [0.1, 0.15) is 0 Å². The summed E-state index contributed by atoms with van der Waals surface area (Å²) in [6.07, 6.45) is 3.90. The van der Waals surface area contributed by atoms with Crippen molar-refractivity contribution in [2.24, 2.45) is 5.73 Å². The SMILES string of the molecule is NC[C@H](c1ccccc1Cl)N1CCCCC1. The molecule has 1 aromatic carbocycles. The summed E-state index contributed by atoms with van der Waals surface area (Å²) in [7, 11) is 0. The van der Waals surface area contributed by atoms with Crippen LogP contribution in [0.5, 0.6) is 0 Å². The molecule has 1 saturated heterocycles. The van der Waals surface area contributed by atoms with E-state index in [0.29, 0.717) is 6.54 Å². The Labute approximate surface area is 102 Å². The summed E-state index contributed by atoms with van der Waals surface area (Å²) in [5, 5.41) is 0.837. The second kappa shape index (κ2) is 5.67. The molecule has 3 heteroatoms. The molecule has 2 N–H and O–H groups in total. The highest BCUT2D eigenvalue weighted by Gasteiger charge is 2.22. The quantitative estimate of drug-likeness (QED) is 0.878. The Morgan fingerprint density at radius 1 is 1.19 bits per heavy atom. The first-order chi connectivity index (χ1) is 7.83. The molecule has 0 unspecified atom stereocenters. The Kier molecular flexibility index (Phi) is 4.22. The Morgan fingerprint density at radius 3 is 2.50 bits per heavy atom. The van der Waals surface area contributed by atoms with Gasteiger partial charge in [-0.3, -0.25) is 4.90 Å². The largest absolute Gasteiger partial charge is 0.329 e. The van der Waals surface area contributed by atoms with E-state index >= 15 is 0 Å². The molecule has 0 spiro atoms. The third kappa shape index (κ3) is 2.57. The number of likely N-dealkylation sites (tertiary alicyclic amines) is 1. The van der Waals surface area contributed by atoms with E-state index in [2.05, 4.69) is 11.0 Å². The van der Waals surface area contributed by atoms with Crippen LogP contribution in [0.1, 0.15) is 30.9 Å². The highest BCUT2D eigenvalue weighted by molar-refractivity contribution is 6.31. The van der Waals surface area contributed by atoms with Crippen molar-refractivity contribution in [3.05, 3.63) is 34.9 Å².